The van der Waals surface area contributed by atoms with Crippen LogP contribution in [0.4, 0.5) is 0 Å². The van der Waals surface area contributed by atoms with Gasteiger partial charge in [0.15, 0.2) is 6.61 Å². The summed E-state index contributed by atoms with van der Waals surface area (Å²) in [7, 11) is 1.85. The van der Waals surface area contributed by atoms with E-state index < -0.39 is 0 Å². The molecule has 4 heteroatoms. The molecule has 0 radical (unpaired) electrons. The Morgan fingerprint density at radius 1 is 1.32 bits per heavy atom. The molecule has 1 aliphatic rings. The lowest BCUT2D eigenvalue weighted by atomic mass is 10.0. The van der Waals surface area contributed by atoms with Gasteiger partial charge >= 0.3 is 0 Å². The zero-order valence-electron chi connectivity index (χ0n) is 14.0. The summed E-state index contributed by atoms with van der Waals surface area (Å²) in [6.07, 6.45) is 2.57. The third-order valence-electron chi connectivity index (χ3n) is 4.26. The summed E-state index contributed by atoms with van der Waals surface area (Å²) >= 11 is 0. The third-order valence-corrected chi connectivity index (χ3v) is 4.26. The van der Waals surface area contributed by atoms with Gasteiger partial charge in [0, 0.05) is 20.1 Å². The van der Waals surface area contributed by atoms with Crippen molar-refractivity contribution in [2.75, 3.05) is 39.8 Å². The minimum atomic E-state index is 0.0362. The van der Waals surface area contributed by atoms with Crippen molar-refractivity contribution in [1.82, 2.24) is 9.80 Å². The van der Waals surface area contributed by atoms with Crippen LogP contribution < -0.4 is 4.74 Å². The molecule has 122 valence electrons. The monoisotopic (exact) mass is 304 g/mol. The Morgan fingerprint density at radius 2 is 2.05 bits per heavy atom. The Hall–Kier alpha value is -1.55. The zero-order chi connectivity index (χ0) is 15.9. The number of ether oxygens (including phenoxy) is 1. The Labute approximate surface area is 134 Å². The van der Waals surface area contributed by atoms with Gasteiger partial charge in [-0.25, -0.2) is 0 Å². The molecule has 4 nitrogen and oxygen atoms in total. The lowest BCUT2D eigenvalue weighted by molar-refractivity contribution is -0.132. The highest BCUT2D eigenvalue weighted by molar-refractivity contribution is 5.77. The molecule has 1 fully saturated rings. The van der Waals surface area contributed by atoms with Gasteiger partial charge in [0.25, 0.3) is 5.91 Å². The molecule has 0 spiro atoms. The van der Waals surface area contributed by atoms with Crippen molar-refractivity contribution in [3.8, 4) is 5.75 Å². The number of hydrogen-bond acceptors (Lipinski definition) is 3. The highest BCUT2D eigenvalue weighted by atomic mass is 16.5. The van der Waals surface area contributed by atoms with Crippen molar-refractivity contribution < 1.29 is 9.53 Å². The van der Waals surface area contributed by atoms with E-state index in [0.717, 1.165) is 18.8 Å². The molecule has 0 saturated carbocycles. The van der Waals surface area contributed by atoms with Crippen LogP contribution in [-0.4, -0.2) is 55.5 Å². The van der Waals surface area contributed by atoms with Gasteiger partial charge in [-0.2, -0.15) is 0 Å². The molecule has 22 heavy (non-hydrogen) atoms. The van der Waals surface area contributed by atoms with Gasteiger partial charge in [-0.05, 0) is 49.5 Å². The number of rotatable bonds is 7. The number of nitrogens with zero attached hydrogens (tertiary/aromatic N) is 2. The molecule has 1 aromatic carbocycles. The SMILES string of the molecule is CC(C)c1cccc(OCC(=O)N(C)CCN2CCCC2)c1. The number of amides is 1. The molecule has 1 aromatic rings. The fraction of sp³-hybridized carbons (Fsp3) is 0.611. The molecule has 0 aromatic heterocycles. The quantitative estimate of drug-likeness (QED) is 0.776. The number of benzene rings is 1. The fourth-order valence-corrected chi connectivity index (χ4v) is 2.64. The molecule has 0 N–H and O–H groups in total. The van der Waals surface area contributed by atoms with Crippen molar-refractivity contribution >= 4 is 5.91 Å². The second-order valence-electron chi connectivity index (χ2n) is 6.38. The van der Waals surface area contributed by atoms with Crippen LogP contribution >= 0.6 is 0 Å². The Bertz CT molecular complexity index is 482. The van der Waals surface area contributed by atoms with E-state index in [1.807, 2.05) is 25.2 Å². The van der Waals surface area contributed by atoms with Gasteiger partial charge in [0.2, 0.25) is 0 Å². The third kappa shape index (κ3) is 5.02. The Balaban J connectivity index is 1.75. The largest absolute Gasteiger partial charge is 0.484 e. The maximum absolute atomic E-state index is 12.1. The highest BCUT2D eigenvalue weighted by Crippen LogP contribution is 2.20. The van der Waals surface area contributed by atoms with Crippen LogP contribution in [0.1, 0.15) is 38.2 Å². The van der Waals surface area contributed by atoms with Crippen LogP contribution in [0.25, 0.3) is 0 Å². The van der Waals surface area contributed by atoms with E-state index in [1.54, 1.807) is 4.90 Å². The van der Waals surface area contributed by atoms with E-state index >= 15 is 0 Å². The molecule has 1 amide bonds. The molecule has 2 rings (SSSR count). The van der Waals surface area contributed by atoms with Crippen LogP contribution in [0.5, 0.6) is 5.75 Å². The molecule has 0 aliphatic carbocycles. The summed E-state index contributed by atoms with van der Waals surface area (Å²) in [4.78, 5) is 16.3. The van der Waals surface area contributed by atoms with Crippen LogP contribution in [0, 0.1) is 0 Å². The first-order chi connectivity index (χ1) is 10.6. The standard InChI is InChI=1S/C18H28N2O2/c1-15(2)16-7-6-8-17(13-16)22-14-18(21)19(3)11-12-20-9-4-5-10-20/h6-8,13,15H,4-5,9-12,14H2,1-3H3. The van der Waals surface area contributed by atoms with Crippen LogP contribution in [-0.2, 0) is 4.79 Å². The second-order valence-corrected chi connectivity index (χ2v) is 6.38. The average Bonchev–Trinajstić information content (AvgIpc) is 3.04. The van der Waals surface area contributed by atoms with Crippen molar-refractivity contribution in [3.63, 3.8) is 0 Å². The van der Waals surface area contributed by atoms with Gasteiger partial charge in [0.1, 0.15) is 5.75 Å². The van der Waals surface area contributed by atoms with Crippen molar-refractivity contribution in [1.29, 1.82) is 0 Å². The predicted octanol–water partition coefficient (Wildman–Crippen LogP) is 2.74. The van der Waals surface area contributed by atoms with Gasteiger partial charge < -0.3 is 14.5 Å². The lowest BCUT2D eigenvalue weighted by Crippen LogP contribution is -2.37. The zero-order valence-corrected chi connectivity index (χ0v) is 14.0. The average molecular weight is 304 g/mol. The minimum absolute atomic E-state index is 0.0362. The molecular weight excluding hydrogens is 276 g/mol. The van der Waals surface area contributed by atoms with E-state index in [2.05, 4.69) is 24.8 Å². The summed E-state index contributed by atoms with van der Waals surface area (Å²) in [5.41, 5.74) is 1.23. The number of hydrogen-bond donors (Lipinski definition) is 0. The summed E-state index contributed by atoms with van der Waals surface area (Å²) in [5, 5.41) is 0. The normalized spacial score (nSPS) is 15.3. The summed E-state index contributed by atoms with van der Waals surface area (Å²) < 4.78 is 5.65. The van der Waals surface area contributed by atoms with E-state index in [1.165, 1.54) is 31.5 Å². The minimum Gasteiger partial charge on any atom is -0.484 e. The molecule has 0 atom stereocenters. The molecule has 1 heterocycles. The van der Waals surface area contributed by atoms with E-state index in [9.17, 15) is 4.79 Å². The smallest absolute Gasteiger partial charge is 0.260 e. The molecule has 0 unspecified atom stereocenters. The van der Waals surface area contributed by atoms with Gasteiger partial charge in [-0.3, -0.25) is 4.79 Å². The van der Waals surface area contributed by atoms with Crippen LogP contribution in [0.2, 0.25) is 0 Å². The van der Waals surface area contributed by atoms with E-state index in [-0.39, 0.29) is 12.5 Å². The number of likely N-dealkylation sites (N-methyl/N-ethyl adjacent to an activating group) is 1. The number of carbonyl (C=O) groups excluding carboxylic acids is 1. The highest BCUT2D eigenvalue weighted by Gasteiger charge is 2.14. The van der Waals surface area contributed by atoms with Crippen LogP contribution in [0.3, 0.4) is 0 Å². The van der Waals surface area contributed by atoms with Crippen molar-refractivity contribution in [3.05, 3.63) is 29.8 Å². The Morgan fingerprint density at radius 3 is 2.73 bits per heavy atom. The van der Waals surface area contributed by atoms with E-state index in [0.29, 0.717) is 5.92 Å². The summed E-state index contributed by atoms with van der Waals surface area (Å²) in [5.74, 6) is 1.27. The second kappa shape index (κ2) is 8.18. The molecule has 0 bridgehead atoms. The first kappa shape index (κ1) is 16.8. The van der Waals surface area contributed by atoms with Crippen molar-refractivity contribution in [2.45, 2.75) is 32.6 Å². The first-order valence-corrected chi connectivity index (χ1v) is 8.25. The topological polar surface area (TPSA) is 32.8 Å². The maximum Gasteiger partial charge on any atom is 0.260 e. The van der Waals surface area contributed by atoms with Gasteiger partial charge in [0.05, 0.1) is 0 Å². The molecule has 1 aliphatic heterocycles. The lowest BCUT2D eigenvalue weighted by Gasteiger charge is -2.21. The number of carbonyl (C=O) groups is 1. The fourth-order valence-electron chi connectivity index (χ4n) is 2.64. The first-order valence-electron chi connectivity index (χ1n) is 8.25. The number of likely N-dealkylation sites (tertiary alicyclic amines) is 1. The van der Waals surface area contributed by atoms with E-state index in [4.69, 9.17) is 4.74 Å². The van der Waals surface area contributed by atoms with Crippen molar-refractivity contribution in [2.24, 2.45) is 0 Å². The Kier molecular flexibility index (Phi) is 6.25. The molecule has 1 saturated heterocycles. The summed E-state index contributed by atoms with van der Waals surface area (Å²) in [6, 6.07) is 7.99. The summed E-state index contributed by atoms with van der Waals surface area (Å²) in [6.45, 7) is 8.48. The molecular formula is C18H28N2O2. The van der Waals surface area contributed by atoms with Crippen LogP contribution in [0.15, 0.2) is 24.3 Å². The predicted molar refractivity (Wildman–Crippen MR) is 89.3 cm³/mol. The van der Waals surface area contributed by atoms with Gasteiger partial charge in [-0.1, -0.05) is 26.0 Å². The van der Waals surface area contributed by atoms with Gasteiger partial charge in [-0.15, -0.1) is 0 Å². The maximum atomic E-state index is 12.1.